The van der Waals surface area contributed by atoms with Crippen LogP contribution in [-0.4, -0.2) is 24.8 Å². The predicted octanol–water partition coefficient (Wildman–Crippen LogP) is 3.06. The third-order valence-corrected chi connectivity index (χ3v) is 3.38. The van der Waals surface area contributed by atoms with E-state index in [-0.39, 0.29) is 17.7 Å². The normalized spacial score (nSPS) is 10.7. The number of carbonyl (C=O) groups is 2. The van der Waals surface area contributed by atoms with E-state index in [1.54, 1.807) is 25.1 Å². The zero-order chi connectivity index (χ0) is 16.4. The molecule has 0 aliphatic carbocycles. The van der Waals surface area contributed by atoms with Gasteiger partial charge in [-0.3, -0.25) is 9.59 Å². The Morgan fingerprint density at radius 2 is 1.86 bits per heavy atom. The summed E-state index contributed by atoms with van der Waals surface area (Å²) in [5.41, 5.74) is 0.467. The third-order valence-electron chi connectivity index (χ3n) is 2.89. The van der Waals surface area contributed by atoms with Gasteiger partial charge in [0.15, 0.2) is 5.78 Å². The van der Waals surface area contributed by atoms with Crippen LogP contribution in [0.3, 0.4) is 0 Å². The molecule has 0 amide bonds. The number of rotatable bonds is 6. The average molecular weight is 357 g/mol. The number of carbonyl (C=O) groups excluding carboxylic acids is 4. The highest BCUT2D eigenvalue weighted by Crippen LogP contribution is 2.27. The Kier molecular flexibility index (Phi) is 9.17. The molecule has 0 aliphatic heterocycles. The first-order valence-electron chi connectivity index (χ1n) is 6.36. The topological polar surface area (TPSA) is 77.5 Å². The molecule has 1 aromatic rings. The smallest absolute Gasteiger partial charge is 0.373 e. The van der Waals surface area contributed by atoms with E-state index >= 15 is 0 Å². The maximum Gasteiger partial charge on any atom is 0.373 e. The standard InChI is InChI=1S/C14H17BrO3.CO2/c1-4-10(12(16)5-2)14(17)11-7-6-9(15)8-13(11)18-3;2-1-3/h6-8,10H,4-5H2,1-3H3;. The van der Waals surface area contributed by atoms with Gasteiger partial charge in [-0.2, -0.15) is 9.59 Å². The number of methoxy groups -OCH3 is 1. The Hall–Kier alpha value is -1.78. The van der Waals surface area contributed by atoms with Gasteiger partial charge in [0, 0.05) is 10.9 Å². The second-order valence-corrected chi connectivity index (χ2v) is 4.99. The molecule has 0 aromatic heterocycles. The second kappa shape index (κ2) is 10.0. The molecule has 6 heteroatoms. The van der Waals surface area contributed by atoms with Crippen molar-refractivity contribution in [2.45, 2.75) is 26.7 Å². The van der Waals surface area contributed by atoms with E-state index in [9.17, 15) is 9.59 Å². The SMILES string of the molecule is CCC(=O)C(CC)C(=O)c1ccc(Br)cc1OC.O=C=O. The molecule has 0 spiro atoms. The lowest BCUT2D eigenvalue weighted by Gasteiger charge is -2.14. The van der Waals surface area contributed by atoms with Crippen LogP contribution in [0.5, 0.6) is 5.75 Å². The molecule has 0 fully saturated rings. The van der Waals surface area contributed by atoms with E-state index in [1.165, 1.54) is 7.11 Å². The Bertz CT molecular complexity index is 533. The fourth-order valence-electron chi connectivity index (χ4n) is 1.86. The maximum absolute atomic E-state index is 12.4. The molecule has 0 heterocycles. The summed E-state index contributed by atoms with van der Waals surface area (Å²) < 4.78 is 6.03. The molecule has 1 unspecified atom stereocenters. The average Bonchev–Trinajstić information content (AvgIpc) is 2.48. The third kappa shape index (κ3) is 5.61. The van der Waals surface area contributed by atoms with Crippen molar-refractivity contribution < 1.29 is 23.9 Å². The van der Waals surface area contributed by atoms with Crippen molar-refractivity contribution in [2.24, 2.45) is 5.92 Å². The molecule has 1 atom stereocenters. The first-order chi connectivity index (χ1) is 9.96. The van der Waals surface area contributed by atoms with Gasteiger partial charge in [0.2, 0.25) is 0 Å². The molecule has 0 bridgehead atoms. The van der Waals surface area contributed by atoms with Gasteiger partial charge >= 0.3 is 6.15 Å². The fourth-order valence-corrected chi connectivity index (χ4v) is 2.20. The number of hydrogen-bond acceptors (Lipinski definition) is 5. The van der Waals surface area contributed by atoms with Gasteiger partial charge in [-0.15, -0.1) is 0 Å². The van der Waals surface area contributed by atoms with E-state index in [1.807, 2.05) is 6.92 Å². The summed E-state index contributed by atoms with van der Waals surface area (Å²) in [6.45, 7) is 3.62. The van der Waals surface area contributed by atoms with Gasteiger partial charge in [0.25, 0.3) is 0 Å². The van der Waals surface area contributed by atoms with Gasteiger partial charge in [0.1, 0.15) is 11.5 Å². The number of halogens is 1. The Morgan fingerprint density at radius 1 is 1.29 bits per heavy atom. The van der Waals surface area contributed by atoms with Crippen molar-refractivity contribution in [3.8, 4) is 5.75 Å². The molecular weight excluding hydrogens is 340 g/mol. The molecule has 114 valence electrons. The van der Waals surface area contributed by atoms with Crippen LogP contribution >= 0.6 is 15.9 Å². The monoisotopic (exact) mass is 356 g/mol. The van der Waals surface area contributed by atoms with E-state index in [0.717, 1.165) is 4.47 Å². The van der Waals surface area contributed by atoms with Crippen LogP contribution in [-0.2, 0) is 14.4 Å². The quantitative estimate of drug-likeness (QED) is 0.578. The van der Waals surface area contributed by atoms with Crippen LogP contribution in [0.2, 0.25) is 0 Å². The Labute approximate surface area is 131 Å². The van der Waals surface area contributed by atoms with Crippen LogP contribution in [0, 0.1) is 5.92 Å². The van der Waals surface area contributed by atoms with Crippen LogP contribution in [0.1, 0.15) is 37.0 Å². The fraction of sp³-hybridized carbons (Fsp3) is 0.400. The van der Waals surface area contributed by atoms with Gasteiger partial charge in [-0.25, -0.2) is 0 Å². The lowest BCUT2D eigenvalue weighted by molar-refractivity contribution is -0.191. The first-order valence-corrected chi connectivity index (χ1v) is 7.15. The molecule has 0 aliphatic rings. The Balaban J connectivity index is 0.00000122. The summed E-state index contributed by atoms with van der Waals surface area (Å²) in [6.07, 6.45) is 1.15. The zero-order valence-corrected chi connectivity index (χ0v) is 13.7. The van der Waals surface area contributed by atoms with E-state index in [0.29, 0.717) is 24.2 Å². The summed E-state index contributed by atoms with van der Waals surface area (Å²) in [6, 6.07) is 5.20. The van der Waals surface area contributed by atoms with E-state index in [4.69, 9.17) is 14.3 Å². The highest BCUT2D eigenvalue weighted by atomic mass is 79.9. The molecule has 5 nitrogen and oxygen atoms in total. The summed E-state index contributed by atoms with van der Waals surface area (Å²) in [4.78, 5) is 40.4. The van der Waals surface area contributed by atoms with Gasteiger partial charge < -0.3 is 4.74 Å². The van der Waals surface area contributed by atoms with Crippen molar-refractivity contribution in [2.75, 3.05) is 7.11 Å². The molecular formula is C15H17BrO5. The molecule has 21 heavy (non-hydrogen) atoms. The predicted molar refractivity (Wildman–Crippen MR) is 79.1 cm³/mol. The maximum atomic E-state index is 12.4. The van der Waals surface area contributed by atoms with E-state index in [2.05, 4.69) is 15.9 Å². The van der Waals surface area contributed by atoms with Gasteiger partial charge in [-0.05, 0) is 24.6 Å². The minimum atomic E-state index is -0.565. The lowest BCUT2D eigenvalue weighted by Crippen LogP contribution is -2.23. The minimum Gasteiger partial charge on any atom is -0.496 e. The van der Waals surface area contributed by atoms with Crippen LogP contribution < -0.4 is 4.74 Å². The van der Waals surface area contributed by atoms with Crippen molar-refractivity contribution >= 4 is 33.6 Å². The number of ketones is 2. The first kappa shape index (κ1) is 19.2. The summed E-state index contributed by atoms with van der Waals surface area (Å²) in [7, 11) is 1.52. The largest absolute Gasteiger partial charge is 0.496 e. The highest BCUT2D eigenvalue weighted by Gasteiger charge is 2.26. The molecule has 0 radical (unpaired) electrons. The van der Waals surface area contributed by atoms with Crippen LogP contribution in [0.15, 0.2) is 22.7 Å². The molecule has 1 rings (SSSR count). The minimum absolute atomic E-state index is 0.0209. The molecule has 0 N–H and O–H groups in total. The van der Waals surface area contributed by atoms with Gasteiger partial charge in [-0.1, -0.05) is 29.8 Å². The summed E-state index contributed by atoms with van der Waals surface area (Å²) in [5, 5.41) is 0. The summed E-state index contributed by atoms with van der Waals surface area (Å²) in [5.74, 6) is -0.247. The number of hydrogen-bond donors (Lipinski definition) is 0. The van der Waals surface area contributed by atoms with Crippen molar-refractivity contribution in [1.29, 1.82) is 0 Å². The van der Waals surface area contributed by atoms with Crippen molar-refractivity contribution in [3.05, 3.63) is 28.2 Å². The van der Waals surface area contributed by atoms with Gasteiger partial charge in [0.05, 0.1) is 18.6 Å². The second-order valence-electron chi connectivity index (χ2n) is 4.07. The molecule has 0 saturated carbocycles. The zero-order valence-electron chi connectivity index (χ0n) is 12.1. The number of Topliss-reactive ketones (excluding diaryl/α,β-unsaturated/α-hetero) is 2. The Morgan fingerprint density at radius 3 is 2.29 bits per heavy atom. The van der Waals surface area contributed by atoms with Crippen molar-refractivity contribution in [1.82, 2.24) is 0 Å². The summed E-state index contributed by atoms with van der Waals surface area (Å²) >= 11 is 3.32. The highest BCUT2D eigenvalue weighted by molar-refractivity contribution is 9.10. The molecule has 0 saturated heterocycles. The molecule has 1 aromatic carbocycles. The number of benzene rings is 1. The lowest BCUT2D eigenvalue weighted by atomic mass is 9.90. The van der Waals surface area contributed by atoms with Crippen LogP contribution in [0.25, 0.3) is 0 Å². The van der Waals surface area contributed by atoms with E-state index < -0.39 is 5.92 Å². The van der Waals surface area contributed by atoms with Crippen LogP contribution in [0.4, 0.5) is 0 Å². The van der Waals surface area contributed by atoms with Crippen molar-refractivity contribution in [3.63, 3.8) is 0 Å². The number of ether oxygens (including phenoxy) is 1.